The lowest BCUT2D eigenvalue weighted by molar-refractivity contribution is 0.463. The minimum atomic E-state index is 0.352. The third kappa shape index (κ3) is 5.80. The van der Waals surface area contributed by atoms with Crippen molar-refractivity contribution in [3.05, 3.63) is 84.4 Å². The van der Waals surface area contributed by atoms with Gasteiger partial charge in [-0.1, -0.05) is 50.2 Å². The van der Waals surface area contributed by atoms with Crippen LogP contribution in [-0.4, -0.2) is 24.1 Å². The summed E-state index contributed by atoms with van der Waals surface area (Å²) in [6.07, 6.45) is 0. The van der Waals surface area contributed by atoms with E-state index in [1.165, 1.54) is 17.5 Å². The largest absolute Gasteiger partial charge is 0.439 e. The van der Waals surface area contributed by atoms with Crippen LogP contribution in [0.5, 0.6) is 11.6 Å². The van der Waals surface area contributed by atoms with Crippen LogP contribution in [0.3, 0.4) is 0 Å². The van der Waals surface area contributed by atoms with Crippen LogP contribution in [-0.2, 0) is 0 Å². The maximum Gasteiger partial charge on any atom is 0.237 e. The number of nitrogen functional groups attached to an aromatic ring is 1. The Morgan fingerprint density at radius 3 is 2.47 bits per heavy atom. The van der Waals surface area contributed by atoms with Gasteiger partial charge >= 0.3 is 0 Å². The van der Waals surface area contributed by atoms with E-state index in [4.69, 9.17) is 15.5 Å². The van der Waals surface area contributed by atoms with E-state index in [0.29, 0.717) is 29.2 Å². The molecule has 174 valence electrons. The first-order valence-electron chi connectivity index (χ1n) is 11.1. The average Bonchev–Trinajstić information content (AvgIpc) is 2.83. The first-order valence-corrected chi connectivity index (χ1v) is 11.9. The van der Waals surface area contributed by atoms with Crippen molar-refractivity contribution in [1.29, 1.82) is 0 Å². The van der Waals surface area contributed by atoms with E-state index in [-0.39, 0.29) is 0 Å². The van der Waals surface area contributed by atoms with Crippen LogP contribution < -0.4 is 20.1 Å². The Morgan fingerprint density at radius 1 is 0.912 bits per heavy atom. The Balaban J connectivity index is 1.71. The number of hydrogen-bond acceptors (Lipinski definition) is 7. The molecule has 0 atom stereocenters. The second-order valence-electron chi connectivity index (χ2n) is 8.43. The summed E-state index contributed by atoms with van der Waals surface area (Å²) in [4.78, 5) is 12.4. The second kappa shape index (κ2) is 10.5. The molecular formula is C27H29N5OS. The fourth-order valence-corrected chi connectivity index (χ4v) is 4.17. The van der Waals surface area contributed by atoms with Gasteiger partial charge in [-0.2, -0.15) is 4.98 Å². The third-order valence-corrected chi connectivity index (χ3v) is 6.01. The molecule has 4 rings (SSSR count). The van der Waals surface area contributed by atoms with Gasteiger partial charge in [-0.05, 0) is 53.8 Å². The highest BCUT2D eigenvalue weighted by molar-refractivity contribution is 8.00. The summed E-state index contributed by atoms with van der Waals surface area (Å²) in [5, 5.41) is 0. The molecular weight excluding hydrogens is 442 g/mol. The normalized spacial score (nSPS) is 10.9. The first-order chi connectivity index (χ1) is 16.4. The van der Waals surface area contributed by atoms with Gasteiger partial charge in [0.25, 0.3) is 0 Å². The van der Waals surface area contributed by atoms with Crippen molar-refractivity contribution >= 4 is 29.3 Å². The van der Waals surface area contributed by atoms with Crippen molar-refractivity contribution in [3.8, 4) is 22.9 Å². The third-order valence-electron chi connectivity index (χ3n) is 5.24. The van der Waals surface area contributed by atoms with E-state index in [0.717, 1.165) is 21.8 Å². The van der Waals surface area contributed by atoms with Gasteiger partial charge in [-0.25, -0.2) is 4.98 Å². The molecule has 0 fully saturated rings. The van der Waals surface area contributed by atoms with Crippen LogP contribution in [0.2, 0.25) is 0 Å². The molecule has 1 aromatic heterocycles. The minimum absolute atomic E-state index is 0.352. The number of nitrogens with zero attached hydrogens (tertiary/aromatic N) is 3. The summed E-state index contributed by atoms with van der Waals surface area (Å²) < 4.78 is 9.45. The Kier molecular flexibility index (Phi) is 7.23. The highest BCUT2D eigenvalue weighted by atomic mass is 32.2. The van der Waals surface area contributed by atoms with Gasteiger partial charge in [-0.15, -0.1) is 0 Å². The quantitative estimate of drug-likeness (QED) is 0.215. The summed E-state index contributed by atoms with van der Waals surface area (Å²) in [7, 11) is 4.00. The smallest absolute Gasteiger partial charge is 0.237 e. The van der Waals surface area contributed by atoms with Crippen LogP contribution in [0, 0.1) is 0 Å². The lowest BCUT2D eigenvalue weighted by Crippen LogP contribution is -2.08. The highest BCUT2D eigenvalue weighted by Crippen LogP contribution is 2.33. The molecule has 6 nitrogen and oxygen atoms in total. The molecule has 1 heterocycles. The number of aromatic nitrogens is 2. The summed E-state index contributed by atoms with van der Waals surface area (Å²) in [6, 6.07) is 25.8. The molecule has 3 aromatic carbocycles. The number of rotatable bonds is 8. The lowest BCUT2D eigenvalue weighted by atomic mass is 9.95. The number of anilines is 3. The van der Waals surface area contributed by atoms with Gasteiger partial charge in [0, 0.05) is 48.1 Å². The minimum Gasteiger partial charge on any atom is -0.439 e. The van der Waals surface area contributed by atoms with E-state index in [9.17, 15) is 0 Å². The molecule has 0 spiro atoms. The topological polar surface area (TPSA) is 76.3 Å². The highest BCUT2D eigenvalue weighted by Gasteiger charge is 2.14. The molecule has 0 radical (unpaired) electrons. The molecule has 0 aliphatic carbocycles. The summed E-state index contributed by atoms with van der Waals surface area (Å²) >= 11 is 1.41. The Labute approximate surface area is 205 Å². The molecule has 34 heavy (non-hydrogen) atoms. The van der Waals surface area contributed by atoms with Gasteiger partial charge in [0.1, 0.15) is 5.75 Å². The molecule has 0 unspecified atom stereocenters. The average molecular weight is 472 g/mol. The van der Waals surface area contributed by atoms with Gasteiger partial charge in [-0.3, -0.25) is 4.72 Å². The zero-order valence-corrected chi connectivity index (χ0v) is 20.6. The van der Waals surface area contributed by atoms with Crippen molar-refractivity contribution in [2.24, 2.45) is 0 Å². The van der Waals surface area contributed by atoms with Crippen molar-refractivity contribution in [2.75, 3.05) is 29.5 Å². The van der Waals surface area contributed by atoms with Gasteiger partial charge in [0.2, 0.25) is 11.8 Å². The maximum absolute atomic E-state index is 6.20. The molecule has 0 amide bonds. The van der Waals surface area contributed by atoms with Crippen LogP contribution in [0.4, 0.5) is 17.3 Å². The van der Waals surface area contributed by atoms with Crippen LogP contribution in [0.1, 0.15) is 25.3 Å². The molecule has 0 aliphatic heterocycles. The zero-order valence-electron chi connectivity index (χ0n) is 19.8. The van der Waals surface area contributed by atoms with Crippen molar-refractivity contribution in [1.82, 2.24) is 9.97 Å². The van der Waals surface area contributed by atoms with E-state index in [1.54, 1.807) is 0 Å². The Bertz CT molecular complexity index is 1280. The zero-order chi connectivity index (χ0) is 24.1. The lowest BCUT2D eigenvalue weighted by Gasteiger charge is -2.16. The molecule has 0 aliphatic rings. The molecule has 3 N–H and O–H groups in total. The molecule has 0 bridgehead atoms. The summed E-state index contributed by atoms with van der Waals surface area (Å²) in [5.41, 5.74) is 10.8. The molecule has 4 aromatic rings. The van der Waals surface area contributed by atoms with Crippen molar-refractivity contribution < 1.29 is 4.74 Å². The van der Waals surface area contributed by atoms with Crippen molar-refractivity contribution in [3.63, 3.8) is 0 Å². The Morgan fingerprint density at radius 2 is 1.71 bits per heavy atom. The molecule has 0 saturated heterocycles. The SMILES string of the molecule is CC(C)c1ccccc1-c1cc(Oc2cccc(N(C)C)c2)nc(NSc2cccc(N)c2)n1. The van der Waals surface area contributed by atoms with E-state index in [2.05, 4.69) is 41.8 Å². The molecule has 7 heteroatoms. The van der Waals surface area contributed by atoms with Crippen LogP contribution in [0.15, 0.2) is 83.8 Å². The number of nitrogens with one attached hydrogen (secondary N) is 1. The van der Waals surface area contributed by atoms with E-state index >= 15 is 0 Å². The standard InChI is InChI=1S/C27H29N5OS/c1-18(2)23-13-5-6-14-24(23)25-17-26(33-21-11-8-10-20(16-21)32(3)4)30-27(29-25)31-34-22-12-7-9-19(28)15-22/h5-18H,28H2,1-4H3,(H,29,30,31). The Hall–Kier alpha value is -3.71. The maximum atomic E-state index is 6.20. The predicted molar refractivity (Wildman–Crippen MR) is 143 cm³/mol. The van der Waals surface area contributed by atoms with Gasteiger partial charge in [0.05, 0.1) is 5.69 Å². The summed E-state index contributed by atoms with van der Waals surface area (Å²) in [6.45, 7) is 4.36. The predicted octanol–water partition coefficient (Wildman–Crippen LogP) is 6.83. The summed E-state index contributed by atoms with van der Waals surface area (Å²) in [5.74, 6) is 1.99. The number of nitrogens with two attached hydrogens (primary N) is 1. The number of ether oxygens (including phenoxy) is 1. The fraction of sp³-hybridized carbons (Fsp3) is 0.185. The van der Waals surface area contributed by atoms with E-state index in [1.807, 2.05) is 79.7 Å². The van der Waals surface area contributed by atoms with Crippen LogP contribution in [0.25, 0.3) is 11.3 Å². The van der Waals surface area contributed by atoms with Crippen LogP contribution >= 0.6 is 11.9 Å². The molecule has 0 saturated carbocycles. The monoisotopic (exact) mass is 471 g/mol. The van der Waals surface area contributed by atoms with Crippen molar-refractivity contribution in [2.45, 2.75) is 24.7 Å². The van der Waals surface area contributed by atoms with E-state index < -0.39 is 0 Å². The van der Waals surface area contributed by atoms with Gasteiger partial charge < -0.3 is 15.4 Å². The van der Waals surface area contributed by atoms with Gasteiger partial charge in [0.15, 0.2) is 0 Å². The first kappa shape index (κ1) is 23.4. The second-order valence-corrected chi connectivity index (χ2v) is 9.31. The fourth-order valence-electron chi connectivity index (χ4n) is 3.52. The number of benzene rings is 3. The number of hydrogen-bond donors (Lipinski definition) is 2.